The molecule has 0 aliphatic carbocycles. The molecule has 21 heavy (non-hydrogen) atoms. The van der Waals surface area contributed by atoms with E-state index in [2.05, 4.69) is 15.3 Å². The first-order valence-corrected chi connectivity index (χ1v) is 6.10. The minimum Gasteiger partial charge on any atom is -0.394 e. The molecule has 1 saturated heterocycles. The van der Waals surface area contributed by atoms with E-state index in [4.69, 9.17) is 15.6 Å². The third-order valence-corrected chi connectivity index (χ3v) is 3.51. The largest absolute Gasteiger partial charge is 0.394 e. The van der Waals surface area contributed by atoms with Gasteiger partial charge in [-0.1, -0.05) is 0 Å². The normalized spacial score (nSPS) is 43.0. The molecular formula is C10H14N5O6. The number of hydrogen-bond donors (Lipinski definition) is 6. The Hall–Kier alpha value is -1.79. The van der Waals surface area contributed by atoms with Gasteiger partial charge in [0.05, 0.1) is 12.9 Å². The average molecular weight is 300 g/mol. The molecule has 3 heterocycles. The molecule has 0 bridgehead atoms. The van der Waals surface area contributed by atoms with Gasteiger partial charge in [-0.3, -0.25) is 15.0 Å². The van der Waals surface area contributed by atoms with Gasteiger partial charge in [-0.15, -0.1) is 0 Å². The highest BCUT2D eigenvalue weighted by molar-refractivity contribution is 6.07. The Morgan fingerprint density at radius 3 is 2.81 bits per heavy atom. The number of fused-ring (bicyclic) bond motifs is 1. The number of carbonyl (C=O) groups excluding carboxylic acids is 1. The van der Waals surface area contributed by atoms with Crippen LogP contribution in [0.2, 0.25) is 0 Å². The summed E-state index contributed by atoms with van der Waals surface area (Å²) in [5.41, 5.74) is 5.41. The summed E-state index contributed by atoms with van der Waals surface area (Å²) in [6, 6.07) is -0.338. The topological polar surface area (TPSA) is 173 Å². The van der Waals surface area contributed by atoms with Crippen molar-refractivity contribution in [1.29, 1.82) is 0 Å². The summed E-state index contributed by atoms with van der Waals surface area (Å²) in [4.78, 5) is 20.1. The fourth-order valence-corrected chi connectivity index (χ4v) is 2.46. The van der Waals surface area contributed by atoms with Gasteiger partial charge in [-0.2, -0.15) is 4.99 Å². The summed E-state index contributed by atoms with van der Waals surface area (Å²) in [5, 5.41) is 41.5. The van der Waals surface area contributed by atoms with Crippen LogP contribution in [0.3, 0.4) is 0 Å². The number of aliphatic hydroxyl groups excluding tert-OH is 3. The lowest BCUT2D eigenvalue weighted by Crippen LogP contribution is -2.62. The van der Waals surface area contributed by atoms with Crippen LogP contribution in [-0.4, -0.2) is 80.5 Å². The van der Waals surface area contributed by atoms with E-state index in [1.165, 1.54) is 0 Å². The van der Waals surface area contributed by atoms with Gasteiger partial charge in [0.15, 0.2) is 12.2 Å². The second kappa shape index (κ2) is 4.61. The SMILES string of the molecule is NC1=NC2(O)[C](N=CN2[C@@H]2O[C@H](CO)[C@@H](O)[C@H]2O)C(=O)N1. The van der Waals surface area contributed by atoms with Crippen molar-refractivity contribution in [3.8, 4) is 0 Å². The third-order valence-electron chi connectivity index (χ3n) is 3.51. The predicted octanol–water partition coefficient (Wildman–Crippen LogP) is -4.61. The van der Waals surface area contributed by atoms with Gasteiger partial charge in [-0.05, 0) is 0 Å². The first-order valence-electron chi connectivity index (χ1n) is 6.10. The third kappa shape index (κ3) is 1.90. The molecule has 11 nitrogen and oxygen atoms in total. The Balaban J connectivity index is 1.92. The lowest BCUT2D eigenvalue weighted by atomic mass is 10.1. The maximum Gasteiger partial charge on any atom is 0.281 e. The Labute approximate surface area is 118 Å². The number of ether oxygens (including phenoxy) is 1. The maximum atomic E-state index is 11.7. The summed E-state index contributed by atoms with van der Waals surface area (Å²) >= 11 is 0. The Morgan fingerprint density at radius 1 is 1.48 bits per heavy atom. The van der Waals surface area contributed by atoms with Crippen LogP contribution in [-0.2, 0) is 9.53 Å². The molecule has 115 valence electrons. The van der Waals surface area contributed by atoms with Crippen LogP contribution in [0.15, 0.2) is 9.98 Å². The summed E-state index contributed by atoms with van der Waals surface area (Å²) in [6.07, 6.45) is -4.05. The first-order chi connectivity index (χ1) is 9.88. The minimum absolute atomic E-state index is 0.325. The van der Waals surface area contributed by atoms with E-state index in [0.29, 0.717) is 0 Å². The second-order valence-corrected chi connectivity index (χ2v) is 4.82. The van der Waals surface area contributed by atoms with Gasteiger partial charge < -0.3 is 30.9 Å². The molecule has 3 aliphatic heterocycles. The van der Waals surface area contributed by atoms with Crippen molar-refractivity contribution < 1.29 is 30.0 Å². The molecular weight excluding hydrogens is 286 g/mol. The Morgan fingerprint density at radius 2 is 2.19 bits per heavy atom. The van der Waals surface area contributed by atoms with E-state index < -0.39 is 42.9 Å². The van der Waals surface area contributed by atoms with Crippen molar-refractivity contribution in [3.63, 3.8) is 0 Å². The Kier molecular flexibility index (Phi) is 3.11. The molecule has 1 radical (unpaired) electrons. The van der Waals surface area contributed by atoms with Crippen LogP contribution in [0.4, 0.5) is 0 Å². The molecule has 3 aliphatic rings. The van der Waals surface area contributed by atoms with E-state index in [1.54, 1.807) is 0 Å². The van der Waals surface area contributed by atoms with Crippen LogP contribution < -0.4 is 11.1 Å². The van der Waals surface area contributed by atoms with E-state index in [1.807, 2.05) is 0 Å². The molecule has 1 unspecified atom stereocenters. The average Bonchev–Trinajstić information content (AvgIpc) is 2.88. The van der Waals surface area contributed by atoms with Crippen LogP contribution in [0.5, 0.6) is 0 Å². The van der Waals surface area contributed by atoms with Crippen molar-refractivity contribution in [2.45, 2.75) is 30.4 Å². The fraction of sp³-hybridized carbons (Fsp3) is 0.600. The summed E-state index contributed by atoms with van der Waals surface area (Å²) < 4.78 is 5.27. The number of rotatable bonds is 2. The number of aliphatic hydroxyl groups is 4. The molecule has 0 saturated carbocycles. The Bertz CT molecular complexity index is 526. The zero-order chi connectivity index (χ0) is 15.4. The number of nitrogens with zero attached hydrogens (tertiary/aromatic N) is 3. The van der Waals surface area contributed by atoms with Crippen molar-refractivity contribution in [2.24, 2.45) is 15.7 Å². The number of nitrogens with one attached hydrogen (secondary N) is 1. The van der Waals surface area contributed by atoms with Crippen LogP contribution in [0.1, 0.15) is 0 Å². The van der Waals surface area contributed by atoms with E-state index in [-0.39, 0.29) is 12.0 Å². The monoisotopic (exact) mass is 300 g/mol. The highest BCUT2D eigenvalue weighted by Crippen LogP contribution is 2.38. The molecule has 0 spiro atoms. The molecule has 0 aromatic rings. The molecule has 7 N–H and O–H groups in total. The number of hydrogen-bond acceptors (Lipinski definition) is 10. The van der Waals surface area contributed by atoms with Gasteiger partial charge in [0.1, 0.15) is 18.3 Å². The number of carbonyl (C=O) groups is 1. The second-order valence-electron chi connectivity index (χ2n) is 4.82. The number of nitrogens with two attached hydrogens (primary N) is 1. The predicted molar refractivity (Wildman–Crippen MR) is 66.0 cm³/mol. The minimum atomic E-state index is -2.23. The lowest BCUT2D eigenvalue weighted by molar-refractivity contribution is -0.159. The zero-order valence-corrected chi connectivity index (χ0v) is 10.6. The first kappa shape index (κ1) is 14.2. The molecule has 3 rings (SSSR count). The van der Waals surface area contributed by atoms with Crippen LogP contribution in [0.25, 0.3) is 0 Å². The van der Waals surface area contributed by atoms with Crippen molar-refractivity contribution in [2.75, 3.05) is 6.61 Å². The smallest absolute Gasteiger partial charge is 0.281 e. The summed E-state index contributed by atoms with van der Waals surface area (Å²) in [5.74, 6) is -3.30. The van der Waals surface area contributed by atoms with Crippen LogP contribution >= 0.6 is 0 Å². The van der Waals surface area contributed by atoms with Crippen molar-refractivity contribution in [1.82, 2.24) is 10.2 Å². The molecule has 5 atom stereocenters. The van der Waals surface area contributed by atoms with Gasteiger partial charge >= 0.3 is 0 Å². The standard InChI is InChI=1S/C10H14N5O6/c11-9-13-7(19)6-10(20,14-9)15(2-12-6)8-5(18)4(17)3(1-16)21-8/h2-5,8,16-18,20H,1H2,(H3,11,13,14,19)/t3-,4-,5-,8-,10?/m1/s1. The van der Waals surface area contributed by atoms with Crippen molar-refractivity contribution in [3.05, 3.63) is 6.04 Å². The van der Waals surface area contributed by atoms with Gasteiger partial charge in [0.25, 0.3) is 17.8 Å². The van der Waals surface area contributed by atoms with Crippen molar-refractivity contribution >= 4 is 18.2 Å². The van der Waals surface area contributed by atoms with Gasteiger partial charge in [0.2, 0.25) is 0 Å². The fourth-order valence-electron chi connectivity index (χ4n) is 2.46. The number of amides is 1. The van der Waals surface area contributed by atoms with Gasteiger partial charge in [0, 0.05) is 0 Å². The molecule has 11 heteroatoms. The highest BCUT2D eigenvalue weighted by Gasteiger charge is 2.59. The highest BCUT2D eigenvalue weighted by atomic mass is 16.6. The maximum absolute atomic E-state index is 11.7. The molecule has 0 aromatic carbocycles. The van der Waals surface area contributed by atoms with E-state index in [0.717, 1.165) is 11.2 Å². The number of aliphatic imine (C=N–C) groups is 2. The van der Waals surface area contributed by atoms with Gasteiger partial charge in [-0.25, -0.2) is 4.99 Å². The quantitative estimate of drug-likeness (QED) is 0.295. The summed E-state index contributed by atoms with van der Waals surface area (Å²) in [7, 11) is 0. The van der Waals surface area contributed by atoms with E-state index >= 15 is 0 Å². The molecule has 1 amide bonds. The zero-order valence-electron chi connectivity index (χ0n) is 10.6. The summed E-state index contributed by atoms with van der Waals surface area (Å²) in [6.45, 7) is -0.527. The molecule has 1 fully saturated rings. The lowest BCUT2D eigenvalue weighted by Gasteiger charge is -2.38. The molecule has 0 aromatic heterocycles. The number of guanidine groups is 1. The van der Waals surface area contributed by atoms with Crippen LogP contribution in [0, 0.1) is 6.04 Å². The van der Waals surface area contributed by atoms with E-state index in [9.17, 15) is 20.1 Å².